The molecule has 0 aliphatic rings. The molecule has 0 aliphatic carbocycles. The summed E-state index contributed by atoms with van der Waals surface area (Å²) in [6, 6.07) is 4.74. The second-order valence-corrected chi connectivity index (χ2v) is 3.97. The average molecular weight is 239 g/mol. The van der Waals surface area contributed by atoms with Gasteiger partial charge in [0.2, 0.25) is 0 Å². The molecular weight excluding hydrogens is 222 g/mol. The van der Waals surface area contributed by atoms with E-state index in [-0.39, 0.29) is 18.0 Å². The van der Waals surface area contributed by atoms with Gasteiger partial charge >= 0.3 is 0 Å². The Hall–Kier alpha value is -1.66. The van der Waals surface area contributed by atoms with Gasteiger partial charge in [-0.15, -0.1) is 0 Å². The number of aliphatic hydroxyl groups excluding tert-OH is 1. The van der Waals surface area contributed by atoms with E-state index in [9.17, 15) is 10.1 Å². The number of rotatable bonds is 6. The van der Waals surface area contributed by atoms with Crippen molar-refractivity contribution in [2.45, 2.75) is 13.0 Å². The predicted molar refractivity (Wildman–Crippen MR) is 65.5 cm³/mol. The van der Waals surface area contributed by atoms with Gasteiger partial charge in [-0.25, -0.2) is 0 Å². The molecule has 0 heterocycles. The van der Waals surface area contributed by atoms with E-state index in [1.54, 1.807) is 12.1 Å². The molecule has 0 aliphatic heterocycles. The van der Waals surface area contributed by atoms with Crippen molar-refractivity contribution in [2.75, 3.05) is 25.9 Å². The lowest BCUT2D eigenvalue weighted by Gasteiger charge is -2.16. The number of anilines is 1. The van der Waals surface area contributed by atoms with Crippen LogP contribution in [0.3, 0.4) is 0 Å². The van der Waals surface area contributed by atoms with Crippen molar-refractivity contribution >= 4 is 11.4 Å². The molecule has 0 spiro atoms. The average Bonchev–Trinajstić information content (AvgIpc) is 2.26. The molecule has 0 saturated heterocycles. The third-order valence-electron chi connectivity index (χ3n) is 2.44. The van der Waals surface area contributed by atoms with Crippen LogP contribution in [0.2, 0.25) is 0 Å². The molecule has 0 atom stereocenters. The number of nitrogens with two attached hydrogens (primary N) is 1. The van der Waals surface area contributed by atoms with E-state index in [1.165, 1.54) is 6.07 Å². The molecule has 1 rings (SSSR count). The Morgan fingerprint density at radius 3 is 2.76 bits per heavy atom. The zero-order valence-corrected chi connectivity index (χ0v) is 9.80. The quantitative estimate of drug-likeness (QED) is 0.438. The van der Waals surface area contributed by atoms with Crippen LogP contribution in [0.25, 0.3) is 0 Å². The van der Waals surface area contributed by atoms with Crippen molar-refractivity contribution in [2.24, 2.45) is 0 Å². The Morgan fingerprint density at radius 1 is 1.53 bits per heavy atom. The third-order valence-corrected chi connectivity index (χ3v) is 2.44. The second-order valence-electron chi connectivity index (χ2n) is 3.97. The van der Waals surface area contributed by atoms with Crippen LogP contribution in [0, 0.1) is 10.1 Å². The van der Waals surface area contributed by atoms with Gasteiger partial charge in [0.1, 0.15) is 5.69 Å². The zero-order chi connectivity index (χ0) is 12.8. The zero-order valence-electron chi connectivity index (χ0n) is 9.80. The van der Waals surface area contributed by atoms with Crippen LogP contribution in [-0.2, 0) is 6.54 Å². The summed E-state index contributed by atoms with van der Waals surface area (Å²) in [4.78, 5) is 12.1. The maximum Gasteiger partial charge on any atom is 0.292 e. The molecule has 0 fully saturated rings. The largest absolute Gasteiger partial charge is 0.396 e. The molecule has 94 valence electrons. The molecule has 0 amide bonds. The molecule has 0 bridgehead atoms. The van der Waals surface area contributed by atoms with Gasteiger partial charge in [-0.05, 0) is 25.1 Å². The molecule has 17 heavy (non-hydrogen) atoms. The predicted octanol–water partition coefficient (Wildman–Crippen LogP) is 0.991. The number of aliphatic hydroxyl groups is 1. The summed E-state index contributed by atoms with van der Waals surface area (Å²) in [7, 11) is 1.92. The van der Waals surface area contributed by atoms with Gasteiger partial charge in [0.05, 0.1) is 4.92 Å². The Kier molecular flexibility index (Phi) is 4.86. The first-order valence-electron chi connectivity index (χ1n) is 5.36. The summed E-state index contributed by atoms with van der Waals surface area (Å²) < 4.78 is 0. The first kappa shape index (κ1) is 13.4. The standard InChI is InChI=1S/C11H17N3O3/c1-13(5-2-6-15)8-9-3-4-11(14(16)17)10(12)7-9/h3-4,7,15H,2,5-6,8,12H2,1H3. The number of hydrogen-bond acceptors (Lipinski definition) is 5. The van der Waals surface area contributed by atoms with Crippen molar-refractivity contribution < 1.29 is 10.0 Å². The number of benzene rings is 1. The molecule has 1 aromatic rings. The van der Waals surface area contributed by atoms with Crippen LogP contribution in [0.1, 0.15) is 12.0 Å². The van der Waals surface area contributed by atoms with Crippen LogP contribution in [0.4, 0.5) is 11.4 Å². The molecule has 6 heteroatoms. The Morgan fingerprint density at radius 2 is 2.24 bits per heavy atom. The lowest BCUT2D eigenvalue weighted by atomic mass is 10.1. The van der Waals surface area contributed by atoms with E-state index in [1.807, 2.05) is 11.9 Å². The maximum atomic E-state index is 10.6. The minimum absolute atomic E-state index is 0.0632. The fraction of sp³-hybridized carbons (Fsp3) is 0.455. The fourth-order valence-electron chi connectivity index (χ4n) is 1.60. The van der Waals surface area contributed by atoms with Crippen molar-refractivity contribution in [1.82, 2.24) is 4.90 Å². The Labute approximate surface area is 99.8 Å². The number of nitro groups is 1. The van der Waals surface area contributed by atoms with E-state index in [2.05, 4.69) is 0 Å². The molecule has 3 N–H and O–H groups in total. The highest BCUT2D eigenvalue weighted by Gasteiger charge is 2.11. The summed E-state index contributed by atoms with van der Waals surface area (Å²) in [6.07, 6.45) is 0.707. The van der Waals surface area contributed by atoms with Crippen LogP contribution in [-0.4, -0.2) is 35.1 Å². The fourth-order valence-corrected chi connectivity index (χ4v) is 1.60. The lowest BCUT2D eigenvalue weighted by Crippen LogP contribution is -2.20. The minimum atomic E-state index is -0.491. The van der Waals surface area contributed by atoms with E-state index in [0.717, 1.165) is 12.1 Å². The summed E-state index contributed by atoms with van der Waals surface area (Å²) in [5.74, 6) is 0. The van der Waals surface area contributed by atoms with Crippen LogP contribution in [0.5, 0.6) is 0 Å². The Bertz CT molecular complexity index is 396. The van der Waals surface area contributed by atoms with Crippen LogP contribution >= 0.6 is 0 Å². The van der Waals surface area contributed by atoms with Crippen molar-refractivity contribution in [3.05, 3.63) is 33.9 Å². The first-order valence-corrected chi connectivity index (χ1v) is 5.36. The van der Waals surface area contributed by atoms with E-state index in [0.29, 0.717) is 13.0 Å². The first-order chi connectivity index (χ1) is 8.04. The minimum Gasteiger partial charge on any atom is -0.396 e. The van der Waals surface area contributed by atoms with Gasteiger partial charge in [0, 0.05) is 25.8 Å². The highest BCUT2D eigenvalue weighted by Crippen LogP contribution is 2.22. The van der Waals surface area contributed by atoms with E-state index < -0.39 is 4.92 Å². The lowest BCUT2D eigenvalue weighted by molar-refractivity contribution is -0.383. The summed E-state index contributed by atoms with van der Waals surface area (Å²) in [5.41, 5.74) is 6.64. The highest BCUT2D eigenvalue weighted by atomic mass is 16.6. The summed E-state index contributed by atoms with van der Waals surface area (Å²) in [6.45, 7) is 1.59. The van der Waals surface area contributed by atoms with E-state index >= 15 is 0 Å². The molecule has 0 saturated carbocycles. The van der Waals surface area contributed by atoms with Gasteiger partial charge < -0.3 is 15.7 Å². The number of hydrogen-bond donors (Lipinski definition) is 2. The SMILES string of the molecule is CN(CCCO)Cc1ccc([N+](=O)[O-])c(N)c1. The normalized spacial score (nSPS) is 10.8. The van der Waals surface area contributed by atoms with Gasteiger partial charge in [0.25, 0.3) is 5.69 Å². The monoisotopic (exact) mass is 239 g/mol. The van der Waals surface area contributed by atoms with Gasteiger partial charge in [-0.1, -0.05) is 6.07 Å². The van der Waals surface area contributed by atoms with Gasteiger partial charge in [-0.2, -0.15) is 0 Å². The second kappa shape index (κ2) is 6.17. The topological polar surface area (TPSA) is 92.6 Å². The molecule has 0 radical (unpaired) electrons. The summed E-state index contributed by atoms with van der Waals surface area (Å²) in [5, 5.41) is 19.3. The number of nitrogens with zero attached hydrogens (tertiary/aromatic N) is 2. The van der Waals surface area contributed by atoms with Gasteiger partial charge in [-0.3, -0.25) is 10.1 Å². The van der Waals surface area contributed by atoms with Crippen LogP contribution in [0.15, 0.2) is 18.2 Å². The van der Waals surface area contributed by atoms with Crippen LogP contribution < -0.4 is 5.73 Å². The molecular formula is C11H17N3O3. The number of nitrogen functional groups attached to an aromatic ring is 1. The number of nitro benzene ring substituents is 1. The van der Waals surface area contributed by atoms with Crippen molar-refractivity contribution in [3.8, 4) is 0 Å². The van der Waals surface area contributed by atoms with Gasteiger partial charge in [0.15, 0.2) is 0 Å². The van der Waals surface area contributed by atoms with Crippen molar-refractivity contribution in [3.63, 3.8) is 0 Å². The molecule has 1 aromatic carbocycles. The van der Waals surface area contributed by atoms with E-state index in [4.69, 9.17) is 10.8 Å². The summed E-state index contributed by atoms with van der Waals surface area (Å²) >= 11 is 0. The molecule has 0 aromatic heterocycles. The smallest absolute Gasteiger partial charge is 0.292 e. The third kappa shape index (κ3) is 4.01. The Balaban J connectivity index is 2.67. The van der Waals surface area contributed by atoms with Crippen molar-refractivity contribution in [1.29, 1.82) is 0 Å². The molecule has 6 nitrogen and oxygen atoms in total. The molecule has 0 unspecified atom stereocenters. The maximum absolute atomic E-state index is 10.6. The highest BCUT2D eigenvalue weighted by molar-refractivity contribution is 5.59.